The van der Waals surface area contributed by atoms with Crippen molar-refractivity contribution in [2.75, 3.05) is 0 Å². The molecule has 0 aromatic heterocycles. The number of amides is 1. The average Bonchev–Trinajstić information content (AvgIpc) is 2.29. The number of hydrogen-bond donors (Lipinski definition) is 3. The zero-order chi connectivity index (χ0) is 13.5. The third kappa shape index (κ3) is 5.04. The number of rotatable bonds is 6. The molecular weight excluding hydrogens is 232 g/mol. The second-order valence-corrected chi connectivity index (χ2v) is 5.22. The highest BCUT2D eigenvalue weighted by Crippen LogP contribution is 2.24. The Morgan fingerprint density at radius 2 is 2.17 bits per heavy atom. The maximum absolute atomic E-state index is 11.7. The molecule has 3 unspecified atom stereocenters. The topological polar surface area (TPSA) is 92.4 Å². The van der Waals surface area contributed by atoms with Gasteiger partial charge in [0.25, 0.3) is 0 Å². The quantitative estimate of drug-likeness (QED) is 0.667. The Bertz CT molecular complexity index is 294. The molecular formula is C13H24N2O3. The molecule has 3 atom stereocenters. The fourth-order valence-electron chi connectivity index (χ4n) is 2.54. The summed E-state index contributed by atoms with van der Waals surface area (Å²) in [6.45, 7) is 2.04. The van der Waals surface area contributed by atoms with Crippen molar-refractivity contribution >= 4 is 11.9 Å². The van der Waals surface area contributed by atoms with Gasteiger partial charge in [-0.1, -0.05) is 19.8 Å². The van der Waals surface area contributed by atoms with Crippen LogP contribution >= 0.6 is 0 Å². The summed E-state index contributed by atoms with van der Waals surface area (Å²) in [4.78, 5) is 22.7. The number of nitrogens with one attached hydrogen (secondary N) is 1. The normalized spacial score (nSPS) is 25.4. The minimum atomic E-state index is -0.753. The number of carbonyl (C=O) groups excluding carboxylic acids is 1. The summed E-state index contributed by atoms with van der Waals surface area (Å²) in [5.41, 5.74) is 5.81. The molecule has 4 N–H and O–H groups in total. The first-order valence-corrected chi connectivity index (χ1v) is 6.80. The lowest BCUT2D eigenvalue weighted by molar-refractivity contribution is -0.143. The van der Waals surface area contributed by atoms with Gasteiger partial charge in [-0.25, -0.2) is 0 Å². The summed E-state index contributed by atoms with van der Waals surface area (Å²) >= 11 is 0. The molecule has 1 aliphatic carbocycles. The monoisotopic (exact) mass is 256 g/mol. The van der Waals surface area contributed by atoms with Crippen LogP contribution in [0, 0.1) is 5.92 Å². The molecule has 0 aromatic carbocycles. The minimum absolute atomic E-state index is 0.00109. The minimum Gasteiger partial charge on any atom is -0.481 e. The number of aliphatic carboxylic acids is 1. The zero-order valence-electron chi connectivity index (χ0n) is 11.0. The fourth-order valence-corrected chi connectivity index (χ4v) is 2.54. The van der Waals surface area contributed by atoms with Gasteiger partial charge < -0.3 is 16.2 Å². The van der Waals surface area contributed by atoms with Crippen molar-refractivity contribution in [1.29, 1.82) is 0 Å². The van der Waals surface area contributed by atoms with Crippen LogP contribution in [0.15, 0.2) is 0 Å². The van der Waals surface area contributed by atoms with Gasteiger partial charge in [-0.15, -0.1) is 0 Å². The van der Waals surface area contributed by atoms with E-state index >= 15 is 0 Å². The van der Waals surface area contributed by atoms with Crippen molar-refractivity contribution in [2.45, 2.75) is 64.0 Å². The molecule has 1 aliphatic rings. The molecule has 0 aliphatic heterocycles. The van der Waals surface area contributed by atoms with Gasteiger partial charge in [0.05, 0.1) is 5.92 Å². The highest BCUT2D eigenvalue weighted by molar-refractivity contribution is 5.77. The van der Waals surface area contributed by atoms with Crippen LogP contribution in [0.5, 0.6) is 0 Å². The van der Waals surface area contributed by atoms with E-state index in [0.717, 1.165) is 32.1 Å². The summed E-state index contributed by atoms with van der Waals surface area (Å²) in [6, 6.07) is -0.0879. The summed E-state index contributed by atoms with van der Waals surface area (Å²) in [5, 5.41) is 11.9. The van der Waals surface area contributed by atoms with Gasteiger partial charge >= 0.3 is 5.97 Å². The van der Waals surface area contributed by atoms with E-state index in [4.69, 9.17) is 10.8 Å². The molecule has 0 spiro atoms. The largest absolute Gasteiger partial charge is 0.481 e. The number of hydrogen-bond acceptors (Lipinski definition) is 3. The SMILES string of the molecule is CCCC(N)CC(=O)NC1CCCC(C(=O)O)C1. The van der Waals surface area contributed by atoms with Crippen molar-refractivity contribution in [3.8, 4) is 0 Å². The molecule has 5 heteroatoms. The first-order chi connectivity index (χ1) is 8.52. The maximum Gasteiger partial charge on any atom is 0.306 e. The number of carboxylic acids is 1. The van der Waals surface area contributed by atoms with Crippen molar-refractivity contribution in [3.05, 3.63) is 0 Å². The standard InChI is InChI=1S/C13H24N2O3/c1-2-4-10(14)8-12(16)15-11-6-3-5-9(7-11)13(17)18/h9-11H,2-8,14H2,1H3,(H,15,16)(H,17,18). The van der Waals surface area contributed by atoms with E-state index in [-0.39, 0.29) is 23.9 Å². The van der Waals surface area contributed by atoms with Gasteiger partial charge in [0.2, 0.25) is 5.91 Å². The van der Waals surface area contributed by atoms with E-state index in [1.807, 2.05) is 6.92 Å². The molecule has 104 valence electrons. The van der Waals surface area contributed by atoms with E-state index in [1.165, 1.54) is 0 Å². The lowest BCUT2D eigenvalue weighted by atomic mass is 9.85. The van der Waals surface area contributed by atoms with Crippen LogP contribution in [0.4, 0.5) is 0 Å². The summed E-state index contributed by atoms with van der Waals surface area (Å²) in [7, 11) is 0. The van der Waals surface area contributed by atoms with Gasteiger partial charge in [-0.05, 0) is 25.7 Å². The first kappa shape index (κ1) is 15.0. The van der Waals surface area contributed by atoms with Crippen LogP contribution in [0.2, 0.25) is 0 Å². The van der Waals surface area contributed by atoms with E-state index < -0.39 is 5.97 Å². The predicted molar refractivity (Wildman–Crippen MR) is 69.0 cm³/mol. The van der Waals surface area contributed by atoms with Crippen LogP contribution in [0.3, 0.4) is 0 Å². The number of carboxylic acid groups (broad SMARTS) is 1. The highest BCUT2D eigenvalue weighted by atomic mass is 16.4. The van der Waals surface area contributed by atoms with E-state index in [1.54, 1.807) is 0 Å². The van der Waals surface area contributed by atoms with Crippen LogP contribution in [0.1, 0.15) is 51.9 Å². The van der Waals surface area contributed by atoms with Crippen molar-refractivity contribution < 1.29 is 14.7 Å². The average molecular weight is 256 g/mol. The zero-order valence-corrected chi connectivity index (χ0v) is 11.0. The van der Waals surface area contributed by atoms with Gasteiger partial charge in [0.15, 0.2) is 0 Å². The smallest absolute Gasteiger partial charge is 0.306 e. The third-order valence-electron chi connectivity index (χ3n) is 3.50. The first-order valence-electron chi connectivity index (χ1n) is 6.80. The van der Waals surface area contributed by atoms with Crippen LogP contribution in [-0.4, -0.2) is 29.1 Å². The summed E-state index contributed by atoms with van der Waals surface area (Å²) in [6.07, 6.45) is 5.15. The van der Waals surface area contributed by atoms with Crippen LogP contribution in [0.25, 0.3) is 0 Å². The maximum atomic E-state index is 11.7. The Balaban J connectivity index is 2.33. The van der Waals surface area contributed by atoms with E-state index in [0.29, 0.717) is 12.8 Å². The Kier molecular flexibility index (Phi) is 6.12. The van der Waals surface area contributed by atoms with Gasteiger partial charge in [-0.3, -0.25) is 9.59 Å². The lowest BCUT2D eigenvalue weighted by Gasteiger charge is -2.27. The second-order valence-electron chi connectivity index (χ2n) is 5.22. The number of carbonyl (C=O) groups is 2. The molecule has 0 heterocycles. The molecule has 1 fully saturated rings. The van der Waals surface area contributed by atoms with Crippen molar-refractivity contribution in [3.63, 3.8) is 0 Å². The Morgan fingerprint density at radius 3 is 2.78 bits per heavy atom. The lowest BCUT2D eigenvalue weighted by Crippen LogP contribution is -2.41. The Morgan fingerprint density at radius 1 is 1.44 bits per heavy atom. The molecule has 1 amide bonds. The third-order valence-corrected chi connectivity index (χ3v) is 3.50. The molecule has 0 radical (unpaired) electrons. The van der Waals surface area contributed by atoms with Crippen LogP contribution in [-0.2, 0) is 9.59 Å². The molecule has 1 saturated carbocycles. The second kappa shape index (κ2) is 7.36. The molecule has 18 heavy (non-hydrogen) atoms. The molecule has 0 bridgehead atoms. The van der Waals surface area contributed by atoms with E-state index in [2.05, 4.69) is 5.32 Å². The predicted octanol–water partition coefficient (Wildman–Crippen LogP) is 1.26. The van der Waals surface area contributed by atoms with E-state index in [9.17, 15) is 9.59 Å². The number of nitrogens with two attached hydrogens (primary N) is 1. The highest BCUT2D eigenvalue weighted by Gasteiger charge is 2.27. The Labute approximate surface area is 108 Å². The molecule has 1 rings (SSSR count). The molecule has 5 nitrogen and oxygen atoms in total. The van der Waals surface area contributed by atoms with Gasteiger partial charge in [0, 0.05) is 18.5 Å². The van der Waals surface area contributed by atoms with Crippen molar-refractivity contribution in [1.82, 2.24) is 5.32 Å². The summed E-state index contributed by atoms with van der Waals surface area (Å²) in [5.74, 6) is -1.11. The molecule has 0 aromatic rings. The summed E-state index contributed by atoms with van der Waals surface area (Å²) < 4.78 is 0. The fraction of sp³-hybridized carbons (Fsp3) is 0.846. The van der Waals surface area contributed by atoms with Gasteiger partial charge in [0.1, 0.15) is 0 Å². The Hall–Kier alpha value is -1.10. The van der Waals surface area contributed by atoms with Crippen molar-refractivity contribution in [2.24, 2.45) is 11.7 Å². The molecule has 0 saturated heterocycles. The van der Waals surface area contributed by atoms with Crippen LogP contribution < -0.4 is 11.1 Å². The van der Waals surface area contributed by atoms with Gasteiger partial charge in [-0.2, -0.15) is 0 Å².